The number of hydrogen-bond acceptors (Lipinski definition) is 3. The summed E-state index contributed by atoms with van der Waals surface area (Å²) in [4.78, 5) is 15.2. The zero-order valence-corrected chi connectivity index (χ0v) is 8.81. The molecular formula is C12H13NO2. The minimum Gasteiger partial charge on any atom is -0.464 e. The Hall–Kier alpha value is -1.90. The van der Waals surface area contributed by atoms with Gasteiger partial charge in [0.15, 0.2) is 0 Å². The molecule has 0 spiro atoms. The number of methoxy groups -OCH3 is 1. The zero-order chi connectivity index (χ0) is 11.1. The minimum atomic E-state index is -0.426. The van der Waals surface area contributed by atoms with E-state index >= 15 is 0 Å². The first kappa shape index (κ1) is 11.2. The fraction of sp³-hybridized carbons (Fsp3) is 0.167. The summed E-state index contributed by atoms with van der Waals surface area (Å²) >= 11 is 0. The van der Waals surface area contributed by atoms with Crippen LogP contribution in [0.25, 0.3) is 0 Å². The smallest absolute Gasteiger partial charge is 0.356 e. The van der Waals surface area contributed by atoms with Gasteiger partial charge in [0, 0.05) is 6.21 Å². The standard InChI is InChI=1S/C12H13NO2/c1-3-11(12(14)15-2)13-9-10-7-5-4-6-8-10/h3-9H,1-2H3/b11-3+,13-9?. The van der Waals surface area contributed by atoms with Crippen molar-refractivity contribution in [1.82, 2.24) is 0 Å². The molecule has 0 aliphatic carbocycles. The van der Waals surface area contributed by atoms with Crippen LogP contribution < -0.4 is 0 Å². The highest BCUT2D eigenvalue weighted by Gasteiger charge is 2.04. The van der Waals surface area contributed by atoms with Crippen LogP contribution in [0.2, 0.25) is 0 Å². The van der Waals surface area contributed by atoms with E-state index in [0.29, 0.717) is 5.70 Å². The van der Waals surface area contributed by atoms with Crippen molar-refractivity contribution in [3.8, 4) is 0 Å². The summed E-state index contributed by atoms with van der Waals surface area (Å²) in [5, 5.41) is 0. The number of benzene rings is 1. The summed E-state index contributed by atoms with van der Waals surface area (Å²) < 4.78 is 4.57. The molecule has 1 rings (SSSR count). The molecule has 0 N–H and O–H groups in total. The van der Waals surface area contributed by atoms with E-state index in [1.807, 2.05) is 30.3 Å². The van der Waals surface area contributed by atoms with E-state index in [2.05, 4.69) is 9.73 Å². The molecule has 0 fully saturated rings. The van der Waals surface area contributed by atoms with Gasteiger partial charge in [0.2, 0.25) is 0 Å². The molecule has 0 atom stereocenters. The van der Waals surface area contributed by atoms with Crippen LogP contribution >= 0.6 is 0 Å². The van der Waals surface area contributed by atoms with Gasteiger partial charge in [0.25, 0.3) is 0 Å². The number of allylic oxidation sites excluding steroid dienone is 1. The molecule has 0 aromatic heterocycles. The summed E-state index contributed by atoms with van der Waals surface area (Å²) in [7, 11) is 1.34. The fourth-order valence-electron chi connectivity index (χ4n) is 1.03. The van der Waals surface area contributed by atoms with Crippen molar-refractivity contribution in [2.24, 2.45) is 4.99 Å². The molecule has 0 aliphatic rings. The molecule has 78 valence electrons. The summed E-state index contributed by atoms with van der Waals surface area (Å²) in [6, 6.07) is 9.57. The molecule has 0 unspecified atom stereocenters. The molecule has 0 bridgehead atoms. The van der Waals surface area contributed by atoms with E-state index in [-0.39, 0.29) is 0 Å². The van der Waals surface area contributed by atoms with E-state index in [9.17, 15) is 4.79 Å². The van der Waals surface area contributed by atoms with Crippen LogP contribution in [0.15, 0.2) is 47.1 Å². The molecule has 1 aromatic rings. The van der Waals surface area contributed by atoms with E-state index in [1.54, 1.807) is 19.2 Å². The molecule has 0 aliphatic heterocycles. The van der Waals surface area contributed by atoms with Crippen LogP contribution in [-0.2, 0) is 9.53 Å². The van der Waals surface area contributed by atoms with Crippen molar-refractivity contribution < 1.29 is 9.53 Å². The van der Waals surface area contributed by atoms with E-state index < -0.39 is 5.97 Å². The lowest BCUT2D eigenvalue weighted by molar-refractivity contribution is -0.136. The summed E-state index contributed by atoms with van der Waals surface area (Å²) in [5.41, 5.74) is 1.25. The molecule has 3 nitrogen and oxygen atoms in total. The first-order valence-electron chi connectivity index (χ1n) is 4.61. The maximum Gasteiger partial charge on any atom is 0.356 e. The molecule has 0 amide bonds. The first-order chi connectivity index (χ1) is 7.27. The van der Waals surface area contributed by atoms with Gasteiger partial charge in [-0.1, -0.05) is 36.4 Å². The summed E-state index contributed by atoms with van der Waals surface area (Å²) in [6.45, 7) is 1.74. The highest BCUT2D eigenvalue weighted by molar-refractivity contribution is 5.92. The van der Waals surface area contributed by atoms with Gasteiger partial charge >= 0.3 is 5.97 Å². The Kier molecular flexibility index (Phi) is 4.29. The third-order valence-electron chi connectivity index (χ3n) is 1.82. The van der Waals surface area contributed by atoms with Crippen molar-refractivity contribution >= 4 is 12.2 Å². The zero-order valence-electron chi connectivity index (χ0n) is 8.81. The molecular weight excluding hydrogens is 190 g/mol. The summed E-state index contributed by atoms with van der Waals surface area (Å²) in [6.07, 6.45) is 3.25. The Labute approximate surface area is 89.1 Å². The number of nitrogens with zero attached hydrogens (tertiary/aromatic N) is 1. The molecule has 3 heteroatoms. The highest BCUT2D eigenvalue weighted by Crippen LogP contribution is 2.01. The van der Waals surface area contributed by atoms with Crippen LogP contribution in [0.4, 0.5) is 0 Å². The van der Waals surface area contributed by atoms with Crippen LogP contribution in [0.1, 0.15) is 12.5 Å². The predicted octanol–water partition coefficient (Wildman–Crippen LogP) is 2.18. The monoisotopic (exact) mass is 203 g/mol. The SMILES string of the molecule is C/C=C(/N=Cc1ccccc1)C(=O)OC. The lowest BCUT2D eigenvalue weighted by atomic mass is 10.2. The van der Waals surface area contributed by atoms with Crippen molar-refractivity contribution in [3.63, 3.8) is 0 Å². The number of aliphatic imine (C=N–C) groups is 1. The second-order valence-electron chi connectivity index (χ2n) is 2.83. The third kappa shape index (κ3) is 3.38. The molecule has 0 heterocycles. The normalized spacial score (nSPS) is 11.7. The first-order valence-corrected chi connectivity index (χ1v) is 4.61. The molecule has 15 heavy (non-hydrogen) atoms. The molecule has 0 radical (unpaired) electrons. The molecule has 0 saturated carbocycles. The Morgan fingerprint density at radius 3 is 2.53 bits per heavy atom. The van der Waals surface area contributed by atoms with Crippen molar-refractivity contribution in [1.29, 1.82) is 0 Å². The van der Waals surface area contributed by atoms with Gasteiger partial charge < -0.3 is 4.74 Å². The number of rotatable bonds is 3. The van der Waals surface area contributed by atoms with Gasteiger partial charge in [-0.05, 0) is 12.5 Å². The summed E-state index contributed by atoms with van der Waals surface area (Å²) in [5.74, 6) is -0.426. The number of carbonyl (C=O) groups excluding carboxylic acids is 1. The van der Waals surface area contributed by atoms with Gasteiger partial charge in [-0.3, -0.25) is 0 Å². The van der Waals surface area contributed by atoms with Gasteiger partial charge in [-0.15, -0.1) is 0 Å². The minimum absolute atomic E-state index is 0.307. The van der Waals surface area contributed by atoms with Gasteiger partial charge in [0.1, 0.15) is 5.70 Å². The maximum absolute atomic E-state index is 11.2. The number of ether oxygens (including phenoxy) is 1. The number of esters is 1. The van der Waals surface area contributed by atoms with Gasteiger partial charge in [-0.25, -0.2) is 9.79 Å². The molecule has 0 saturated heterocycles. The van der Waals surface area contributed by atoms with Gasteiger partial charge in [-0.2, -0.15) is 0 Å². The van der Waals surface area contributed by atoms with Gasteiger partial charge in [0.05, 0.1) is 7.11 Å². The van der Waals surface area contributed by atoms with E-state index in [4.69, 9.17) is 0 Å². The Bertz CT molecular complexity index is 380. The Morgan fingerprint density at radius 2 is 2.00 bits per heavy atom. The Morgan fingerprint density at radius 1 is 1.33 bits per heavy atom. The third-order valence-corrected chi connectivity index (χ3v) is 1.82. The Balaban J connectivity index is 2.77. The van der Waals surface area contributed by atoms with Crippen LogP contribution in [0.3, 0.4) is 0 Å². The average molecular weight is 203 g/mol. The number of hydrogen-bond donors (Lipinski definition) is 0. The molecule has 1 aromatic carbocycles. The lowest BCUT2D eigenvalue weighted by Gasteiger charge is -1.97. The van der Waals surface area contributed by atoms with Crippen molar-refractivity contribution in [3.05, 3.63) is 47.7 Å². The second-order valence-corrected chi connectivity index (χ2v) is 2.83. The topological polar surface area (TPSA) is 38.7 Å². The van der Waals surface area contributed by atoms with Crippen LogP contribution in [0.5, 0.6) is 0 Å². The highest BCUT2D eigenvalue weighted by atomic mass is 16.5. The van der Waals surface area contributed by atoms with Crippen LogP contribution in [0, 0.1) is 0 Å². The number of carbonyl (C=O) groups is 1. The largest absolute Gasteiger partial charge is 0.464 e. The fourth-order valence-corrected chi connectivity index (χ4v) is 1.03. The lowest BCUT2D eigenvalue weighted by Crippen LogP contribution is -2.02. The quantitative estimate of drug-likeness (QED) is 0.429. The van der Waals surface area contributed by atoms with Crippen LogP contribution in [-0.4, -0.2) is 19.3 Å². The average Bonchev–Trinajstić information content (AvgIpc) is 2.31. The maximum atomic E-state index is 11.2. The predicted molar refractivity (Wildman–Crippen MR) is 59.8 cm³/mol. The second kappa shape index (κ2) is 5.75. The van der Waals surface area contributed by atoms with E-state index in [0.717, 1.165) is 5.56 Å². The van der Waals surface area contributed by atoms with Crippen molar-refractivity contribution in [2.75, 3.05) is 7.11 Å². The van der Waals surface area contributed by atoms with Crippen molar-refractivity contribution in [2.45, 2.75) is 6.92 Å². The van der Waals surface area contributed by atoms with E-state index in [1.165, 1.54) is 7.11 Å².